The van der Waals surface area contributed by atoms with E-state index in [2.05, 4.69) is 33.2 Å². The summed E-state index contributed by atoms with van der Waals surface area (Å²) in [5.41, 5.74) is 7.49. The van der Waals surface area contributed by atoms with E-state index in [1.165, 1.54) is 19.3 Å². The van der Waals surface area contributed by atoms with Gasteiger partial charge in [0.05, 0.1) is 0 Å². The van der Waals surface area contributed by atoms with Gasteiger partial charge in [0.15, 0.2) is 0 Å². The number of nitrogens with one attached hydrogen (secondary N) is 1. The second-order valence-corrected chi connectivity index (χ2v) is 8.69. The van der Waals surface area contributed by atoms with Crippen molar-refractivity contribution in [2.45, 2.75) is 44.7 Å². The van der Waals surface area contributed by atoms with Gasteiger partial charge in [0.2, 0.25) is 5.91 Å². The van der Waals surface area contributed by atoms with Crippen LogP contribution in [0.25, 0.3) is 0 Å². The van der Waals surface area contributed by atoms with Gasteiger partial charge in [0, 0.05) is 56.4 Å². The maximum atomic E-state index is 12.8. The molecular formula is C21H36Cl3N5O. The van der Waals surface area contributed by atoms with Crippen LogP contribution in [0, 0.1) is 17.8 Å². The lowest BCUT2D eigenvalue weighted by molar-refractivity contribution is -0.128. The Balaban J connectivity index is 0.00000150. The average Bonchev–Trinajstić information content (AvgIpc) is 2.67. The van der Waals surface area contributed by atoms with Crippen molar-refractivity contribution in [2.75, 3.05) is 38.1 Å². The first-order valence-electron chi connectivity index (χ1n) is 10.5. The van der Waals surface area contributed by atoms with Crippen molar-refractivity contribution in [1.82, 2.24) is 15.2 Å². The van der Waals surface area contributed by atoms with Crippen molar-refractivity contribution < 1.29 is 4.79 Å². The number of piperazine rings is 1. The number of amides is 1. The Morgan fingerprint density at radius 1 is 1.13 bits per heavy atom. The lowest BCUT2D eigenvalue weighted by Crippen LogP contribution is -2.49. The van der Waals surface area contributed by atoms with Crippen LogP contribution in [0.4, 0.5) is 5.82 Å². The number of nitrogens with zero attached hydrogens (tertiary/aromatic N) is 3. The third kappa shape index (κ3) is 6.13. The number of pyridine rings is 1. The van der Waals surface area contributed by atoms with E-state index in [-0.39, 0.29) is 49.0 Å². The monoisotopic (exact) mass is 479 g/mol. The molecule has 4 rings (SSSR count). The van der Waals surface area contributed by atoms with E-state index >= 15 is 0 Å². The first kappa shape index (κ1) is 27.2. The highest BCUT2D eigenvalue weighted by molar-refractivity contribution is 5.86. The summed E-state index contributed by atoms with van der Waals surface area (Å²) in [4.78, 5) is 22.1. The zero-order chi connectivity index (χ0) is 18.8. The highest BCUT2D eigenvalue weighted by Gasteiger charge is 2.40. The summed E-state index contributed by atoms with van der Waals surface area (Å²) < 4.78 is 0. The van der Waals surface area contributed by atoms with Crippen LogP contribution in [0.15, 0.2) is 18.3 Å². The fourth-order valence-electron chi connectivity index (χ4n) is 5.20. The molecule has 172 valence electrons. The molecule has 2 saturated carbocycles. The number of carbonyl (C=O) groups is 1. The van der Waals surface area contributed by atoms with Crippen LogP contribution in [-0.2, 0) is 11.3 Å². The largest absolute Gasteiger partial charge is 0.354 e. The van der Waals surface area contributed by atoms with E-state index in [9.17, 15) is 4.79 Å². The fraction of sp³-hybridized carbons (Fsp3) is 0.714. The van der Waals surface area contributed by atoms with Crippen molar-refractivity contribution >= 4 is 48.9 Å². The van der Waals surface area contributed by atoms with E-state index in [1.807, 2.05) is 12.3 Å². The lowest BCUT2D eigenvalue weighted by atomic mass is 9.65. The van der Waals surface area contributed by atoms with Crippen molar-refractivity contribution in [1.29, 1.82) is 0 Å². The first-order valence-corrected chi connectivity index (χ1v) is 10.5. The molecule has 9 heteroatoms. The Labute approximate surface area is 199 Å². The van der Waals surface area contributed by atoms with Crippen molar-refractivity contribution in [3.8, 4) is 0 Å². The molecule has 3 aliphatic rings. The number of nitrogens with two attached hydrogens (primary N) is 1. The standard InChI is InChI=1S/C21H33N5O.3ClH/c1-25-8-10-26(11-9-25)20-17(6-3-7-23-20)14-24-21(27)18-12-15-4-2-5-16(13-18)19(15)22;;;/h3,6-7,15-16,18-19H,2,4-5,8-14,22H2,1H3,(H,24,27);3*1H. The number of halogens is 3. The highest BCUT2D eigenvalue weighted by Crippen LogP contribution is 2.41. The Kier molecular flexibility index (Phi) is 11.2. The van der Waals surface area contributed by atoms with Crippen molar-refractivity contribution in [3.05, 3.63) is 23.9 Å². The SMILES string of the molecule is CN1CCN(c2ncccc2CNC(=O)C2CC3CCCC(C2)C3N)CC1.Cl.Cl.Cl. The van der Waals surface area contributed by atoms with Gasteiger partial charge < -0.3 is 20.9 Å². The number of rotatable bonds is 4. The average molecular weight is 481 g/mol. The van der Waals surface area contributed by atoms with Crippen LogP contribution >= 0.6 is 37.2 Å². The molecule has 0 spiro atoms. The molecule has 2 atom stereocenters. The topological polar surface area (TPSA) is 74.5 Å². The zero-order valence-electron chi connectivity index (χ0n) is 17.7. The quantitative estimate of drug-likeness (QED) is 0.693. The van der Waals surface area contributed by atoms with Gasteiger partial charge in [0.1, 0.15) is 5.82 Å². The third-order valence-electron chi connectivity index (χ3n) is 6.91. The number of carbonyl (C=O) groups excluding carboxylic acids is 1. The maximum absolute atomic E-state index is 12.8. The molecule has 2 unspecified atom stereocenters. The summed E-state index contributed by atoms with van der Waals surface area (Å²) >= 11 is 0. The lowest BCUT2D eigenvalue weighted by Gasteiger charge is -2.43. The molecule has 2 aliphatic carbocycles. The number of hydrogen-bond acceptors (Lipinski definition) is 5. The first-order chi connectivity index (χ1) is 13.1. The predicted octanol–water partition coefficient (Wildman–Crippen LogP) is 2.87. The fourth-order valence-corrected chi connectivity index (χ4v) is 5.20. The van der Waals surface area contributed by atoms with Gasteiger partial charge in [-0.25, -0.2) is 4.98 Å². The van der Waals surface area contributed by atoms with Crippen LogP contribution < -0.4 is 16.0 Å². The molecule has 3 N–H and O–H groups in total. The molecule has 3 fully saturated rings. The Morgan fingerprint density at radius 3 is 2.40 bits per heavy atom. The second-order valence-electron chi connectivity index (χ2n) is 8.69. The molecule has 2 heterocycles. The van der Waals surface area contributed by atoms with E-state index in [4.69, 9.17) is 5.73 Å². The van der Waals surface area contributed by atoms with Crippen molar-refractivity contribution in [2.24, 2.45) is 23.5 Å². The molecule has 1 aromatic rings. The second kappa shape index (κ2) is 12.3. The summed E-state index contributed by atoms with van der Waals surface area (Å²) in [7, 11) is 2.16. The molecule has 2 bridgehead atoms. The summed E-state index contributed by atoms with van der Waals surface area (Å²) in [5.74, 6) is 2.42. The van der Waals surface area contributed by atoms with E-state index in [0.29, 0.717) is 24.4 Å². The summed E-state index contributed by atoms with van der Waals surface area (Å²) in [5, 5.41) is 3.20. The molecule has 30 heavy (non-hydrogen) atoms. The zero-order valence-corrected chi connectivity index (χ0v) is 20.1. The summed E-state index contributed by atoms with van der Waals surface area (Å²) in [6.45, 7) is 4.63. The minimum atomic E-state index is 0. The van der Waals surface area contributed by atoms with Gasteiger partial charge in [-0.1, -0.05) is 12.5 Å². The van der Waals surface area contributed by atoms with Gasteiger partial charge in [-0.15, -0.1) is 37.2 Å². The minimum Gasteiger partial charge on any atom is -0.354 e. The molecule has 1 amide bonds. The highest BCUT2D eigenvalue weighted by atomic mass is 35.5. The number of aromatic nitrogens is 1. The normalized spacial score (nSPS) is 28.4. The van der Waals surface area contributed by atoms with Gasteiger partial charge in [-0.05, 0) is 50.6 Å². The molecule has 0 aromatic carbocycles. The predicted molar refractivity (Wildman–Crippen MR) is 129 cm³/mol. The number of likely N-dealkylation sites (N-methyl/N-ethyl adjacent to an activating group) is 1. The third-order valence-corrected chi connectivity index (χ3v) is 6.91. The number of hydrogen-bond donors (Lipinski definition) is 2. The Morgan fingerprint density at radius 2 is 1.77 bits per heavy atom. The van der Waals surface area contributed by atoms with E-state index < -0.39 is 0 Å². The molecular weight excluding hydrogens is 445 g/mol. The molecule has 1 saturated heterocycles. The van der Waals surface area contributed by atoms with Crippen LogP contribution in [-0.4, -0.2) is 55.1 Å². The summed E-state index contributed by atoms with van der Waals surface area (Å²) in [6, 6.07) is 4.36. The smallest absolute Gasteiger partial charge is 0.223 e. The number of anilines is 1. The van der Waals surface area contributed by atoms with Gasteiger partial charge in [0.25, 0.3) is 0 Å². The van der Waals surface area contributed by atoms with Gasteiger partial charge in [-0.2, -0.15) is 0 Å². The Bertz CT molecular complexity index is 658. The maximum Gasteiger partial charge on any atom is 0.223 e. The summed E-state index contributed by atoms with van der Waals surface area (Å²) in [6.07, 6.45) is 7.43. The van der Waals surface area contributed by atoms with Crippen LogP contribution in [0.1, 0.15) is 37.7 Å². The van der Waals surface area contributed by atoms with E-state index in [0.717, 1.165) is 50.4 Å². The minimum absolute atomic E-state index is 0. The van der Waals surface area contributed by atoms with Crippen LogP contribution in [0.3, 0.4) is 0 Å². The van der Waals surface area contributed by atoms with Crippen LogP contribution in [0.5, 0.6) is 0 Å². The number of fused-ring (bicyclic) bond motifs is 2. The molecule has 1 aliphatic heterocycles. The Hall–Kier alpha value is -0.790. The van der Waals surface area contributed by atoms with Crippen LogP contribution in [0.2, 0.25) is 0 Å². The van der Waals surface area contributed by atoms with Gasteiger partial charge >= 0.3 is 0 Å². The molecule has 0 radical (unpaired) electrons. The molecule has 6 nitrogen and oxygen atoms in total. The van der Waals surface area contributed by atoms with Crippen molar-refractivity contribution in [3.63, 3.8) is 0 Å². The molecule has 1 aromatic heterocycles. The van der Waals surface area contributed by atoms with Gasteiger partial charge in [-0.3, -0.25) is 4.79 Å². The van der Waals surface area contributed by atoms with E-state index in [1.54, 1.807) is 0 Å².